The first-order valence-corrected chi connectivity index (χ1v) is 12.0. The van der Waals surface area contributed by atoms with Crippen molar-refractivity contribution < 1.29 is 19.4 Å². The second kappa shape index (κ2) is 8.94. The van der Waals surface area contributed by atoms with E-state index in [-0.39, 0.29) is 0 Å². The standard InChI is InChI=1S/C27H27N5O4/c28-16-5-6-19-21(15-32(23(19)11-16)14-17(33)13-31-7-9-36-10-8-31)25-24(26(34)30-27(25)35)20-12-29-22-4-2-1-3-18(20)22/h1-6,11-12,15,17,29,33H,7-10,13-14,28H2,(H,30,34,35). The van der Waals surface area contributed by atoms with E-state index in [2.05, 4.69) is 15.2 Å². The predicted octanol–water partition coefficient (Wildman–Crippen LogP) is 1.97. The zero-order valence-electron chi connectivity index (χ0n) is 19.7. The summed E-state index contributed by atoms with van der Waals surface area (Å²) in [5.41, 5.74) is 10.3. The molecule has 4 heterocycles. The maximum atomic E-state index is 13.1. The summed E-state index contributed by atoms with van der Waals surface area (Å²) in [6.45, 7) is 3.72. The Morgan fingerprint density at radius 3 is 2.53 bits per heavy atom. The number of fused-ring (bicyclic) bond motifs is 2. The number of β-amino-alcohol motifs (C(OH)–C–C–N with tert-alkyl or cyclic N) is 1. The van der Waals surface area contributed by atoms with Crippen molar-refractivity contribution in [2.75, 3.05) is 38.6 Å². The van der Waals surface area contributed by atoms with Gasteiger partial charge < -0.3 is 25.1 Å². The van der Waals surface area contributed by atoms with Gasteiger partial charge in [0.1, 0.15) is 0 Å². The van der Waals surface area contributed by atoms with E-state index in [4.69, 9.17) is 10.5 Å². The number of aliphatic hydroxyl groups excluding tert-OH is 1. The van der Waals surface area contributed by atoms with Crippen LogP contribution in [0.4, 0.5) is 5.69 Å². The number of morpholine rings is 1. The number of carbonyl (C=O) groups excluding carboxylic acids is 2. The number of imide groups is 1. The van der Waals surface area contributed by atoms with Gasteiger partial charge in [-0.25, -0.2) is 0 Å². The number of nitrogens with two attached hydrogens (primary N) is 1. The lowest BCUT2D eigenvalue weighted by Gasteiger charge is -2.28. The Balaban J connectivity index is 1.46. The summed E-state index contributed by atoms with van der Waals surface area (Å²) < 4.78 is 7.32. The topological polar surface area (TPSA) is 126 Å². The smallest absolute Gasteiger partial charge is 0.259 e. The minimum Gasteiger partial charge on any atom is -0.399 e. The molecular weight excluding hydrogens is 458 g/mol. The number of nitrogen functional groups attached to an aromatic ring is 1. The van der Waals surface area contributed by atoms with Crippen LogP contribution in [-0.2, 0) is 20.9 Å². The van der Waals surface area contributed by atoms with E-state index in [0.717, 1.165) is 34.9 Å². The van der Waals surface area contributed by atoms with Crippen LogP contribution in [0.1, 0.15) is 11.1 Å². The van der Waals surface area contributed by atoms with E-state index in [1.165, 1.54) is 0 Å². The molecule has 9 nitrogen and oxygen atoms in total. The minimum absolute atomic E-state index is 0.320. The number of aliphatic hydroxyl groups is 1. The Morgan fingerprint density at radius 1 is 0.972 bits per heavy atom. The molecule has 36 heavy (non-hydrogen) atoms. The van der Waals surface area contributed by atoms with Crippen LogP contribution in [0.2, 0.25) is 0 Å². The van der Waals surface area contributed by atoms with Crippen LogP contribution < -0.4 is 11.1 Å². The number of nitrogens with zero attached hydrogens (tertiary/aromatic N) is 2. The molecule has 0 bridgehead atoms. The Labute approximate surface area is 207 Å². The van der Waals surface area contributed by atoms with Crippen molar-refractivity contribution in [1.29, 1.82) is 0 Å². The number of H-pyrrole nitrogens is 1. The van der Waals surface area contributed by atoms with Crippen LogP contribution >= 0.6 is 0 Å². The van der Waals surface area contributed by atoms with Gasteiger partial charge in [0, 0.05) is 71.7 Å². The number of carbonyl (C=O) groups is 2. The van der Waals surface area contributed by atoms with Gasteiger partial charge in [-0.2, -0.15) is 0 Å². The SMILES string of the molecule is Nc1ccc2c(C3=C(c4c[nH]c5ccccc45)C(=O)NC3=O)cn(CC(O)CN3CCOCC3)c2c1. The lowest BCUT2D eigenvalue weighted by molar-refractivity contribution is -0.122. The van der Waals surface area contributed by atoms with Crippen molar-refractivity contribution in [3.8, 4) is 0 Å². The average Bonchev–Trinajstić information content (AvgIpc) is 3.52. The summed E-state index contributed by atoms with van der Waals surface area (Å²) in [5, 5.41) is 15.0. The van der Waals surface area contributed by atoms with Crippen molar-refractivity contribution in [2.45, 2.75) is 12.6 Å². The second-order valence-electron chi connectivity index (χ2n) is 9.32. The van der Waals surface area contributed by atoms with Gasteiger partial charge in [-0.1, -0.05) is 24.3 Å². The number of hydrogen-bond acceptors (Lipinski definition) is 6. The molecule has 2 aliphatic heterocycles. The largest absolute Gasteiger partial charge is 0.399 e. The molecule has 6 rings (SSSR count). The van der Waals surface area contributed by atoms with Gasteiger partial charge in [0.25, 0.3) is 11.8 Å². The maximum absolute atomic E-state index is 13.1. The Hall–Kier alpha value is -3.92. The van der Waals surface area contributed by atoms with Crippen LogP contribution in [0.5, 0.6) is 0 Å². The number of para-hydroxylation sites is 1. The highest BCUT2D eigenvalue weighted by Gasteiger charge is 2.35. The fraction of sp³-hybridized carbons (Fsp3) is 0.259. The molecule has 0 aliphatic carbocycles. The second-order valence-corrected chi connectivity index (χ2v) is 9.32. The molecule has 184 valence electrons. The maximum Gasteiger partial charge on any atom is 0.259 e. The minimum atomic E-state index is -0.630. The van der Waals surface area contributed by atoms with E-state index in [1.54, 1.807) is 12.3 Å². The van der Waals surface area contributed by atoms with Gasteiger partial charge in [-0.15, -0.1) is 0 Å². The summed E-state index contributed by atoms with van der Waals surface area (Å²) in [5.74, 6) is -0.867. The quantitative estimate of drug-likeness (QED) is 0.244. The number of nitrogens with one attached hydrogen (secondary N) is 2. The highest BCUT2D eigenvalue weighted by atomic mass is 16.5. The fourth-order valence-corrected chi connectivity index (χ4v) is 5.27. The summed E-state index contributed by atoms with van der Waals surface area (Å²) in [4.78, 5) is 31.5. The number of amides is 2. The van der Waals surface area contributed by atoms with E-state index >= 15 is 0 Å². The molecule has 2 amide bonds. The average molecular weight is 486 g/mol. The lowest BCUT2D eigenvalue weighted by Crippen LogP contribution is -2.41. The van der Waals surface area contributed by atoms with E-state index in [9.17, 15) is 14.7 Å². The number of aromatic amines is 1. The summed E-state index contributed by atoms with van der Waals surface area (Å²) in [6, 6.07) is 13.1. The number of rotatable bonds is 6. The number of benzene rings is 2. The van der Waals surface area contributed by atoms with Crippen molar-refractivity contribution in [1.82, 2.24) is 19.8 Å². The zero-order valence-corrected chi connectivity index (χ0v) is 19.7. The van der Waals surface area contributed by atoms with E-state index < -0.39 is 17.9 Å². The molecule has 0 radical (unpaired) electrons. The third-order valence-corrected chi connectivity index (χ3v) is 6.95. The normalized spacial score (nSPS) is 17.9. The summed E-state index contributed by atoms with van der Waals surface area (Å²) >= 11 is 0. The van der Waals surface area contributed by atoms with Gasteiger partial charge in [-0.05, 0) is 18.2 Å². The molecule has 4 aromatic rings. The number of anilines is 1. The van der Waals surface area contributed by atoms with Crippen molar-refractivity contribution in [3.05, 3.63) is 66.0 Å². The van der Waals surface area contributed by atoms with Crippen LogP contribution in [0.15, 0.2) is 54.9 Å². The van der Waals surface area contributed by atoms with Crippen molar-refractivity contribution >= 4 is 50.5 Å². The van der Waals surface area contributed by atoms with E-state index in [0.29, 0.717) is 54.3 Å². The molecule has 0 saturated carbocycles. The Morgan fingerprint density at radius 2 is 1.72 bits per heavy atom. The van der Waals surface area contributed by atoms with Crippen LogP contribution in [0.3, 0.4) is 0 Å². The first-order valence-electron chi connectivity index (χ1n) is 12.0. The Bertz CT molecular complexity index is 1530. The third kappa shape index (κ3) is 3.87. The summed E-state index contributed by atoms with van der Waals surface area (Å²) in [6.07, 6.45) is 2.98. The number of aromatic nitrogens is 2. The van der Waals surface area contributed by atoms with Crippen LogP contribution in [0.25, 0.3) is 33.0 Å². The molecule has 2 aliphatic rings. The molecular formula is C27H27N5O4. The zero-order chi connectivity index (χ0) is 24.8. The monoisotopic (exact) mass is 485 g/mol. The predicted molar refractivity (Wildman–Crippen MR) is 138 cm³/mol. The van der Waals surface area contributed by atoms with Crippen LogP contribution in [0, 0.1) is 0 Å². The Kier molecular flexibility index (Phi) is 5.60. The summed E-state index contributed by atoms with van der Waals surface area (Å²) in [7, 11) is 0. The molecule has 1 fully saturated rings. The van der Waals surface area contributed by atoms with Gasteiger partial charge >= 0.3 is 0 Å². The number of hydrogen-bond donors (Lipinski definition) is 4. The molecule has 2 aromatic carbocycles. The molecule has 5 N–H and O–H groups in total. The van der Waals surface area contributed by atoms with Gasteiger partial charge in [0.05, 0.1) is 36.0 Å². The lowest BCUT2D eigenvalue weighted by atomic mass is 9.95. The molecule has 9 heteroatoms. The molecule has 1 saturated heterocycles. The highest BCUT2D eigenvalue weighted by Crippen LogP contribution is 2.38. The number of ether oxygens (including phenoxy) is 1. The van der Waals surface area contributed by atoms with Gasteiger partial charge in [0.15, 0.2) is 0 Å². The van der Waals surface area contributed by atoms with E-state index in [1.807, 2.05) is 47.2 Å². The van der Waals surface area contributed by atoms with Gasteiger partial charge in [-0.3, -0.25) is 19.8 Å². The molecule has 1 atom stereocenters. The van der Waals surface area contributed by atoms with Crippen molar-refractivity contribution in [3.63, 3.8) is 0 Å². The highest BCUT2D eigenvalue weighted by molar-refractivity contribution is 6.50. The first-order chi connectivity index (χ1) is 17.5. The fourth-order valence-electron chi connectivity index (χ4n) is 5.27. The molecule has 2 aromatic heterocycles. The first kappa shape index (κ1) is 22.5. The van der Waals surface area contributed by atoms with Crippen molar-refractivity contribution in [2.24, 2.45) is 0 Å². The van der Waals surface area contributed by atoms with Crippen LogP contribution in [-0.4, -0.2) is 70.3 Å². The third-order valence-electron chi connectivity index (χ3n) is 6.95. The van der Waals surface area contributed by atoms with Gasteiger partial charge in [0.2, 0.25) is 0 Å². The molecule has 1 unspecified atom stereocenters. The molecule has 0 spiro atoms.